The van der Waals surface area contributed by atoms with Gasteiger partial charge in [0.15, 0.2) is 0 Å². The maximum absolute atomic E-state index is 14.0. The average molecular weight is 403 g/mol. The van der Waals surface area contributed by atoms with Crippen molar-refractivity contribution in [3.8, 4) is 23.3 Å². The summed E-state index contributed by atoms with van der Waals surface area (Å²) in [5.74, 6) is -6.13. The predicted molar refractivity (Wildman–Crippen MR) is 86.2 cm³/mol. The lowest BCUT2D eigenvalue weighted by Gasteiger charge is -2.21. The smallest absolute Gasteiger partial charge is 0.337 e. The summed E-state index contributed by atoms with van der Waals surface area (Å²) >= 11 is 0. The first kappa shape index (κ1) is 20.0. The third-order valence-electron chi connectivity index (χ3n) is 4.29. The molecule has 2 aromatic rings. The molecule has 2 nitrogen and oxygen atoms in total. The van der Waals surface area contributed by atoms with Gasteiger partial charge >= 0.3 is 11.8 Å². The molecule has 0 bridgehead atoms. The van der Waals surface area contributed by atoms with Crippen molar-refractivity contribution in [2.24, 2.45) is 5.73 Å². The van der Waals surface area contributed by atoms with Gasteiger partial charge in [-0.2, -0.15) is 17.6 Å². The van der Waals surface area contributed by atoms with Crippen LogP contribution in [0.15, 0.2) is 30.3 Å². The van der Waals surface area contributed by atoms with Crippen LogP contribution in [0.25, 0.3) is 0 Å². The Bertz CT molecular complexity index is 992. The van der Waals surface area contributed by atoms with E-state index in [1.165, 1.54) is 13.0 Å². The summed E-state index contributed by atoms with van der Waals surface area (Å²) in [4.78, 5) is 0. The molecule has 1 aliphatic rings. The normalized spacial score (nSPS) is 19.1. The Balaban J connectivity index is 2.15. The molecule has 0 amide bonds. The molecule has 0 fully saturated rings. The highest BCUT2D eigenvalue weighted by Gasteiger charge is 2.68. The number of fused-ring (bicyclic) bond motifs is 1. The van der Waals surface area contributed by atoms with Crippen LogP contribution in [0.1, 0.15) is 41.6 Å². The molecule has 28 heavy (non-hydrogen) atoms. The molecular formula is C19H12F7NO. The van der Waals surface area contributed by atoms with Gasteiger partial charge in [0.05, 0.1) is 5.56 Å². The molecule has 0 aromatic heterocycles. The maximum atomic E-state index is 14.0. The Morgan fingerprint density at radius 3 is 2.39 bits per heavy atom. The topological polar surface area (TPSA) is 35.2 Å². The molecule has 0 heterocycles. The van der Waals surface area contributed by atoms with Gasteiger partial charge < -0.3 is 10.5 Å². The van der Waals surface area contributed by atoms with E-state index in [9.17, 15) is 30.7 Å². The summed E-state index contributed by atoms with van der Waals surface area (Å²) < 4.78 is 102. The number of hydrogen-bond acceptors (Lipinski definition) is 2. The number of alkyl halides is 6. The van der Waals surface area contributed by atoms with E-state index in [0.717, 1.165) is 12.1 Å². The molecule has 0 saturated carbocycles. The summed E-state index contributed by atoms with van der Waals surface area (Å²) in [7, 11) is 0. The quantitative estimate of drug-likeness (QED) is 0.530. The van der Waals surface area contributed by atoms with E-state index < -0.39 is 52.6 Å². The van der Waals surface area contributed by atoms with Gasteiger partial charge in [-0.1, -0.05) is 5.92 Å². The van der Waals surface area contributed by atoms with Crippen molar-refractivity contribution >= 4 is 0 Å². The number of ether oxygens (including phenoxy) is 1. The SMILES string of the molecule is CC#Cc1cc(F)cc(Oc2ccc3c(c2C(F)F)C(N)C(F)(F)C3(F)F)c1. The van der Waals surface area contributed by atoms with E-state index in [4.69, 9.17) is 10.5 Å². The molecule has 0 saturated heterocycles. The molecule has 148 valence electrons. The fourth-order valence-corrected chi connectivity index (χ4v) is 3.06. The second kappa shape index (κ2) is 6.71. The molecule has 0 radical (unpaired) electrons. The lowest BCUT2D eigenvalue weighted by molar-refractivity contribution is -0.214. The van der Waals surface area contributed by atoms with Crippen molar-refractivity contribution < 1.29 is 35.5 Å². The maximum Gasteiger partial charge on any atom is 0.337 e. The monoisotopic (exact) mass is 403 g/mol. The highest BCUT2D eigenvalue weighted by molar-refractivity contribution is 5.55. The Morgan fingerprint density at radius 1 is 1.11 bits per heavy atom. The lowest BCUT2D eigenvalue weighted by Crippen LogP contribution is -2.40. The zero-order valence-electron chi connectivity index (χ0n) is 14.2. The predicted octanol–water partition coefficient (Wildman–Crippen LogP) is 5.67. The van der Waals surface area contributed by atoms with Crippen LogP contribution < -0.4 is 10.5 Å². The Morgan fingerprint density at radius 2 is 1.79 bits per heavy atom. The van der Waals surface area contributed by atoms with Gasteiger partial charge in [-0.3, -0.25) is 0 Å². The van der Waals surface area contributed by atoms with E-state index in [1.54, 1.807) is 0 Å². The Kier molecular flexibility index (Phi) is 4.79. The first-order chi connectivity index (χ1) is 13.0. The minimum Gasteiger partial charge on any atom is -0.457 e. The zero-order valence-corrected chi connectivity index (χ0v) is 14.2. The van der Waals surface area contributed by atoms with Crippen molar-refractivity contribution in [3.05, 3.63) is 58.4 Å². The van der Waals surface area contributed by atoms with Crippen LogP contribution >= 0.6 is 0 Å². The molecule has 2 N–H and O–H groups in total. The number of nitrogens with two attached hydrogens (primary N) is 1. The summed E-state index contributed by atoms with van der Waals surface area (Å²) in [6, 6.07) is 1.76. The third-order valence-corrected chi connectivity index (χ3v) is 4.29. The van der Waals surface area contributed by atoms with Crippen LogP contribution in [0, 0.1) is 17.7 Å². The highest BCUT2D eigenvalue weighted by Crippen LogP contribution is 2.59. The van der Waals surface area contributed by atoms with Gasteiger partial charge in [-0.05, 0) is 36.8 Å². The van der Waals surface area contributed by atoms with Gasteiger partial charge in [-0.15, -0.1) is 5.92 Å². The van der Waals surface area contributed by atoms with Gasteiger partial charge in [0, 0.05) is 17.2 Å². The van der Waals surface area contributed by atoms with Gasteiger partial charge in [0.25, 0.3) is 6.43 Å². The van der Waals surface area contributed by atoms with Gasteiger partial charge in [0.1, 0.15) is 23.4 Å². The van der Waals surface area contributed by atoms with E-state index in [2.05, 4.69) is 11.8 Å². The van der Waals surface area contributed by atoms with E-state index in [0.29, 0.717) is 12.1 Å². The second-order valence-electron chi connectivity index (χ2n) is 6.07. The minimum absolute atomic E-state index is 0.173. The molecule has 1 aliphatic carbocycles. The van der Waals surface area contributed by atoms with Crippen LogP contribution in [-0.4, -0.2) is 5.92 Å². The lowest BCUT2D eigenvalue weighted by atomic mass is 9.99. The highest BCUT2D eigenvalue weighted by atomic mass is 19.3. The third kappa shape index (κ3) is 2.98. The molecule has 3 rings (SSSR count). The van der Waals surface area contributed by atoms with Crippen LogP contribution in [0.3, 0.4) is 0 Å². The summed E-state index contributed by atoms with van der Waals surface area (Å²) in [6.07, 6.45) is -3.44. The summed E-state index contributed by atoms with van der Waals surface area (Å²) in [5.41, 5.74) is 1.81. The molecule has 2 aromatic carbocycles. The zero-order chi connectivity index (χ0) is 20.9. The van der Waals surface area contributed by atoms with Crippen LogP contribution in [-0.2, 0) is 5.92 Å². The molecule has 1 unspecified atom stereocenters. The van der Waals surface area contributed by atoms with Crippen molar-refractivity contribution in [2.45, 2.75) is 31.2 Å². The van der Waals surface area contributed by atoms with Crippen molar-refractivity contribution in [3.63, 3.8) is 0 Å². The minimum atomic E-state index is -4.75. The average Bonchev–Trinajstić information content (AvgIpc) is 2.72. The van der Waals surface area contributed by atoms with Gasteiger partial charge in [-0.25, -0.2) is 13.2 Å². The molecular weight excluding hydrogens is 391 g/mol. The van der Waals surface area contributed by atoms with E-state index >= 15 is 0 Å². The Hall–Kier alpha value is -2.73. The standard InChI is InChI=1S/C19H12F7NO/c1-2-3-9-6-10(20)8-11(7-9)28-13-5-4-12-14(15(13)17(21)22)16(27)19(25,26)18(12,23)24/h4-8,16-17H,27H2,1H3. The molecule has 9 heteroatoms. The van der Waals surface area contributed by atoms with Crippen LogP contribution in [0.5, 0.6) is 11.5 Å². The fraction of sp³-hybridized carbons (Fsp3) is 0.263. The Labute approximate surface area is 155 Å². The van der Waals surface area contributed by atoms with E-state index in [1.807, 2.05) is 0 Å². The van der Waals surface area contributed by atoms with Crippen molar-refractivity contribution in [1.29, 1.82) is 0 Å². The summed E-state index contributed by atoms with van der Waals surface area (Å²) in [5, 5.41) is 0. The first-order valence-electron chi connectivity index (χ1n) is 7.88. The number of rotatable bonds is 3. The molecule has 0 aliphatic heterocycles. The van der Waals surface area contributed by atoms with E-state index in [-0.39, 0.29) is 11.3 Å². The van der Waals surface area contributed by atoms with Crippen LogP contribution in [0.4, 0.5) is 30.7 Å². The van der Waals surface area contributed by atoms with Gasteiger partial charge in [0.2, 0.25) is 0 Å². The molecule has 1 atom stereocenters. The number of halogens is 7. The van der Waals surface area contributed by atoms with Crippen molar-refractivity contribution in [2.75, 3.05) is 0 Å². The van der Waals surface area contributed by atoms with Crippen molar-refractivity contribution in [1.82, 2.24) is 0 Å². The number of benzene rings is 2. The fourth-order valence-electron chi connectivity index (χ4n) is 3.06. The second-order valence-corrected chi connectivity index (χ2v) is 6.07. The summed E-state index contributed by atoms with van der Waals surface area (Å²) in [6.45, 7) is 1.49. The largest absolute Gasteiger partial charge is 0.457 e. The molecule has 0 spiro atoms. The first-order valence-corrected chi connectivity index (χ1v) is 7.88. The number of hydrogen-bond donors (Lipinski definition) is 1. The van der Waals surface area contributed by atoms with Crippen LogP contribution in [0.2, 0.25) is 0 Å².